The second-order valence-corrected chi connectivity index (χ2v) is 9.87. The molecule has 1 amide bonds. The summed E-state index contributed by atoms with van der Waals surface area (Å²) in [5.41, 5.74) is 7.37. The Labute approximate surface area is 178 Å². The number of hydrogen-bond donors (Lipinski definition) is 2. The molecule has 0 radical (unpaired) electrons. The molecule has 3 N–H and O–H groups in total. The highest BCUT2D eigenvalue weighted by atomic mass is 35.5. The Morgan fingerprint density at radius 3 is 2.79 bits per heavy atom. The summed E-state index contributed by atoms with van der Waals surface area (Å²) >= 11 is 9.18. The molecule has 0 bridgehead atoms. The number of rotatable bonds is 6. The normalized spacial score (nSPS) is 15.0. The fraction of sp³-hybridized carbons (Fsp3) is 0.263. The van der Waals surface area contributed by atoms with Crippen molar-refractivity contribution in [3.8, 4) is 10.4 Å². The van der Waals surface area contributed by atoms with Gasteiger partial charge in [0.1, 0.15) is 11.4 Å². The van der Waals surface area contributed by atoms with Crippen molar-refractivity contribution < 1.29 is 9.21 Å². The minimum Gasteiger partial charge on any atom is -0.424 e. The van der Waals surface area contributed by atoms with E-state index in [0.717, 1.165) is 42.8 Å². The lowest BCUT2D eigenvalue weighted by Gasteiger charge is -2.09. The predicted octanol–water partition coefficient (Wildman–Crippen LogP) is 3.76. The first kappa shape index (κ1) is 18.7. The predicted molar refractivity (Wildman–Crippen MR) is 113 cm³/mol. The van der Waals surface area contributed by atoms with Gasteiger partial charge >= 0.3 is 0 Å². The number of carbonyl (C=O) groups is 1. The molecule has 0 atom stereocenters. The monoisotopic (exact) mass is 445 g/mol. The van der Waals surface area contributed by atoms with Crippen molar-refractivity contribution >= 4 is 50.4 Å². The highest BCUT2D eigenvalue weighted by Gasteiger charge is 2.39. The number of carbonyl (C=O) groups excluding carboxylic acids is 1. The van der Waals surface area contributed by atoms with E-state index in [1.807, 2.05) is 24.3 Å². The van der Waals surface area contributed by atoms with Crippen LogP contribution in [0, 0.1) is 0 Å². The number of nitrogens with one attached hydrogen (secondary N) is 1. The number of nitrogens with two attached hydrogens (primary N) is 1. The van der Waals surface area contributed by atoms with Gasteiger partial charge in [-0.3, -0.25) is 4.79 Å². The molecule has 5 rings (SSSR count). The van der Waals surface area contributed by atoms with Crippen LogP contribution in [0.4, 0.5) is 0 Å². The molecule has 1 fully saturated rings. The number of benzene rings is 1. The van der Waals surface area contributed by atoms with Gasteiger partial charge in [-0.15, -0.1) is 32.9 Å². The molecule has 29 heavy (non-hydrogen) atoms. The SMILES string of the molecule is NC1(NC(=O)Cc2nnc(Cc3nc4ccc(-c5ccc(Cl)s5)cc4s3)o2)CC1. The number of aromatic nitrogens is 3. The third-order valence-corrected chi connectivity index (χ3v) is 6.89. The first-order valence-corrected chi connectivity index (χ1v) is 11.0. The lowest BCUT2D eigenvalue weighted by molar-refractivity contribution is -0.121. The van der Waals surface area contributed by atoms with Gasteiger partial charge in [-0.25, -0.2) is 4.98 Å². The van der Waals surface area contributed by atoms with Crippen molar-refractivity contribution in [3.63, 3.8) is 0 Å². The first-order valence-electron chi connectivity index (χ1n) is 9.02. The number of halogens is 1. The van der Waals surface area contributed by atoms with Gasteiger partial charge in [0.25, 0.3) is 0 Å². The zero-order valence-corrected chi connectivity index (χ0v) is 17.5. The largest absolute Gasteiger partial charge is 0.424 e. The standard InChI is InChI=1S/C19H16ClN5O2S2/c20-14-4-3-12(28-14)10-1-2-11-13(7-10)29-18(22-11)9-17-25-24-16(27-17)8-15(26)23-19(21)5-6-19/h1-4,7H,5-6,8-9,21H2,(H,23,26). The van der Waals surface area contributed by atoms with Gasteiger partial charge in [0.05, 0.1) is 26.6 Å². The van der Waals surface area contributed by atoms with Crippen molar-refractivity contribution in [1.82, 2.24) is 20.5 Å². The average molecular weight is 446 g/mol. The topological polar surface area (TPSA) is 107 Å². The molecular formula is C19H16ClN5O2S2. The van der Waals surface area contributed by atoms with Gasteiger partial charge in [0.2, 0.25) is 17.7 Å². The lowest BCUT2D eigenvalue weighted by Crippen LogP contribution is -2.44. The van der Waals surface area contributed by atoms with Crippen LogP contribution >= 0.6 is 34.3 Å². The molecule has 3 aromatic heterocycles. The van der Waals surface area contributed by atoms with E-state index >= 15 is 0 Å². The Bertz CT molecular complexity index is 1210. The molecule has 148 valence electrons. The van der Waals surface area contributed by atoms with Crippen LogP contribution in [-0.2, 0) is 17.6 Å². The maximum absolute atomic E-state index is 12.0. The highest BCUT2D eigenvalue weighted by Crippen LogP contribution is 2.34. The molecule has 1 aliphatic rings. The minimum absolute atomic E-state index is 0.0263. The summed E-state index contributed by atoms with van der Waals surface area (Å²) < 4.78 is 7.47. The fourth-order valence-electron chi connectivity index (χ4n) is 2.95. The summed E-state index contributed by atoms with van der Waals surface area (Å²) in [7, 11) is 0. The molecule has 7 nitrogen and oxygen atoms in total. The third-order valence-electron chi connectivity index (χ3n) is 4.59. The van der Waals surface area contributed by atoms with Crippen molar-refractivity contribution in [1.29, 1.82) is 0 Å². The Hall–Kier alpha value is -2.33. The van der Waals surface area contributed by atoms with Crippen LogP contribution in [0.15, 0.2) is 34.7 Å². The number of thiophene rings is 1. The van der Waals surface area contributed by atoms with Crippen LogP contribution in [0.2, 0.25) is 4.34 Å². The van der Waals surface area contributed by atoms with Gasteiger partial charge in [-0.05, 0) is 42.7 Å². The van der Waals surface area contributed by atoms with Gasteiger partial charge in [-0.2, -0.15) is 0 Å². The molecule has 1 saturated carbocycles. The Kier molecular flexibility index (Phi) is 4.62. The molecule has 3 heterocycles. The van der Waals surface area contributed by atoms with E-state index < -0.39 is 5.66 Å². The van der Waals surface area contributed by atoms with Crippen molar-refractivity contribution in [3.05, 3.63) is 51.5 Å². The molecule has 1 aromatic carbocycles. The molecular weight excluding hydrogens is 430 g/mol. The number of amides is 1. The summed E-state index contributed by atoms with van der Waals surface area (Å²) in [6, 6.07) is 10.1. The van der Waals surface area contributed by atoms with Gasteiger partial charge < -0.3 is 15.5 Å². The highest BCUT2D eigenvalue weighted by molar-refractivity contribution is 7.19. The zero-order valence-electron chi connectivity index (χ0n) is 15.1. The van der Waals surface area contributed by atoms with E-state index in [4.69, 9.17) is 21.8 Å². The van der Waals surface area contributed by atoms with Gasteiger partial charge in [0.15, 0.2) is 0 Å². The van der Waals surface area contributed by atoms with Crippen LogP contribution in [-0.4, -0.2) is 26.8 Å². The summed E-state index contributed by atoms with van der Waals surface area (Å²) in [6.07, 6.45) is 2.05. The number of nitrogens with zero attached hydrogens (tertiary/aromatic N) is 3. The van der Waals surface area contributed by atoms with E-state index in [-0.39, 0.29) is 18.2 Å². The second kappa shape index (κ2) is 7.17. The maximum Gasteiger partial charge on any atom is 0.230 e. The third kappa shape index (κ3) is 4.18. The fourth-order valence-corrected chi connectivity index (χ4v) is 4.99. The summed E-state index contributed by atoms with van der Waals surface area (Å²) in [5, 5.41) is 11.6. The van der Waals surface area contributed by atoms with Crippen LogP contribution < -0.4 is 11.1 Å². The lowest BCUT2D eigenvalue weighted by atomic mass is 10.2. The molecule has 1 aliphatic carbocycles. The van der Waals surface area contributed by atoms with Crippen LogP contribution in [0.5, 0.6) is 0 Å². The first-order chi connectivity index (χ1) is 14.0. The van der Waals surface area contributed by atoms with E-state index in [1.165, 1.54) is 0 Å². The number of hydrogen-bond acceptors (Lipinski definition) is 8. The molecule has 0 aliphatic heterocycles. The van der Waals surface area contributed by atoms with Gasteiger partial charge in [0, 0.05) is 4.88 Å². The van der Waals surface area contributed by atoms with Crippen LogP contribution in [0.3, 0.4) is 0 Å². The van der Waals surface area contributed by atoms with Crippen LogP contribution in [0.1, 0.15) is 29.6 Å². The Morgan fingerprint density at radius 2 is 2.03 bits per heavy atom. The van der Waals surface area contributed by atoms with E-state index in [2.05, 4.69) is 26.6 Å². The van der Waals surface area contributed by atoms with Crippen molar-refractivity contribution in [2.75, 3.05) is 0 Å². The van der Waals surface area contributed by atoms with E-state index in [0.29, 0.717) is 12.3 Å². The maximum atomic E-state index is 12.0. The molecule has 10 heteroatoms. The second-order valence-electron chi connectivity index (χ2n) is 7.04. The molecule has 0 saturated heterocycles. The Morgan fingerprint density at radius 1 is 1.21 bits per heavy atom. The molecule has 0 unspecified atom stereocenters. The van der Waals surface area contributed by atoms with Crippen molar-refractivity contribution in [2.24, 2.45) is 5.73 Å². The average Bonchev–Trinajstić information content (AvgIpc) is 3.07. The zero-order chi connectivity index (χ0) is 20.0. The van der Waals surface area contributed by atoms with Gasteiger partial charge in [-0.1, -0.05) is 17.7 Å². The quantitative estimate of drug-likeness (QED) is 0.437. The van der Waals surface area contributed by atoms with Crippen molar-refractivity contribution in [2.45, 2.75) is 31.3 Å². The summed E-state index contributed by atoms with van der Waals surface area (Å²) in [6.45, 7) is 0. The number of fused-ring (bicyclic) bond motifs is 1. The molecule has 0 spiro atoms. The van der Waals surface area contributed by atoms with E-state index in [9.17, 15) is 4.79 Å². The Balaban J connectivity index is 1.29. The van der Waals surface area contributed by atoms with E-state index in [1.54, 1.807) is 22.7 Å². The number of thiazole rings is 1. The molecule has 4 aromatic rings. The minimum atomic E-state index is -0.547. The summed E-state index contributed by atoms with van der Waals surface area (Å²) in [4.78, 5) is 17.7. The van der Waals surface area contributed by atoms with Crippen LogP contribution in [0.25, 0.3) is 20.7 Å². The summed E-state index contributed by atoms with van der Waals surface area (Å²) in [5.74, 6) is 0.507. The smallest absolute Gasteiger partial charge is 0.230 e.